The van der Waals surface area contributed by atoms with Gasteiger partial charge in [-0.15, -0.1) is 0 Å². The van der Waals surface area contributed by atoms with Gasteiger partial charge < -0.3 is 15.0 Å². The van der Waals surface area contributed by atoms with Crippen LogP contribution in [0.3, 0.4) is 0 Å². The van der Waals surface area contributed by atoms with Gasteiger partial charge >= 0.3 is 0 Å². The number of amides is 1. The molecule has 0 aliphatic heterocycles. The summed E-state index contributed by atoms with van der Waals surface area (Å²) in [5, 5.41) is 3.19. The number of hydrogen-bond acceptors (Lipinski definition) is 3. The van der Waals surface area contributed by atoms with Crippen molar-refractivity contribution in [2.24, 2.45) is 0 Å². The van der Waals surface area contributed by atoms with Crippen LogP contribution < -0.4 is 10.1 Å². The fourth-order valence-electron chi connectivity index (χ4n) is 1.66. The van der Waals surface area contributed by atoms with Crippen LogP contribution in [0.2, 0.25) is 0 Å². The van der Waals surface area contributed by atoms with Crippen molar-refractivity contribution >= 4 is 5.91 Å². The monoisotopic (exact) mass is 264 g/mol. The largest absolute Gasteiger partial charge is 0.494 e. The van der Waals surface area contributed by atoms with Crippen molar-refractivity contribution in [1.29, 1.82) is 0 Å². The molecule has 1 atom stereocenters. The Kier molecular flexibility index (Phi) is 6.36. The average Bonchev–Trinajstić information content (AvgIpc) is 2.43. The average molecular weight is 264 g/mol. The Morgan fingerprint density at radius 2 is 1.95 bits per heavy atom. The van der Waals surface area contributed by atoms with Gasteiger partial charge in [-0.3, -0.25) is 4.79 Å². The second kappa shape index (κ2) is 7.79. The molecule has 1 aromatic rings. The highest BCUT2D eigenvalue weighted by Gasteiger charge is 2.04. The molecular formula is C15H24N2O2. The van der Waals surface area contributed by atoms with E-state index in [-0.39, 0.29) is 5.91 Å². The molecule has 0 radical (unpaired) electrons. The molecule has 4 heteroatoms. The first-order valence-electron chi connectivity index (χ1n) is 6.64. The number of benzene rings is 1. The molecule has 1 N–H and O–H groups in total. The minimum absolute atomic E-state index is 0.141. The third-order valence-electron chi connectivity index (χ3n) is 3.12. The SMILES string of the molecule is CNC(C)c1ccc(OCCCC(=O)N(C)C)cc1. The normalized spacial score (nSPS) is 12.0. The van der Waals surface area contributed by atoms with E-state index >= 15 is 0 Å². The molecule has 0 aliphatic carbocycles. The predicted octanol–water partition coefficient (Wildman–Crippen LogP) is 2.21. The summed E-state index contributed by atoms with van der Waals surface area (Å²) >= 11 is 0. The molecular weight excluding hydrogens is 240 g/mol. The Balaban J connectivity index is 2.32. The van der Waals surface area contributed by atoms with Crippen molar-refractivity contribution in [2.45, 2.75) is 25.8 Å². The summed E-state index contributed by atoms with van der Waals surface area (Å²) in [5.41, 5.74) is 1.23. The van der Waals surface area contributed by atoms with Crippen molar-refractivity contribution in [2.75, 3.05) is 27.7 Å². The topological polar surface area (TPSA) is 41.6 Å². The van der Waals surface area contributed by atoms with E-state index in [1.807, 2.05) is 19.2 Å². The van der Waals surface area contributed by atoms with Gasteiger partial charge in [0.05, 0.1) is 6.61 Å². The summed E-state index contributed by atoms with van der Waals surface area (Å²) in [4.78, 5) is 13.0. The number of nitrogens with zero attached hydrogens (tertiary/aromatic N) is 1. The van der Waals surface area contributed by atoms with Crippen molar-refractivity contribution < 1.29 is 9.53 Å². The number of carbonyl (C=O) groups is 1. The third kappa shape index (κ3) is 5.30. The summed E-state index contributed by atoms with van der Waals surface area (Å²) in [7, 11) is 5.48. The number of carbonyl (C=O) groups excluding carboxylic acids is 1. The second-order valence-electron chi connectivity index (χ2n) is 4.82. The molecule has 0 heterocycles. The number of ether oxygens (including phenoxy) is 1. The first kappa shape index (κ1) is 15.5. The van der Waals surface area contributed by atoms with Crippen LogP contribution in [0.5, 0.6) is 5.75 Å². The van der Waals surface area contributed by atoms with Gasteiger partial charge in [0.2, 0.25) is 5.91 Å². The van der Waals surface area contributed by atoms with Crippen molar-refractivity contribution in [3.05, 3.63) is 29.8 Å². The van der Waals surface area contributed by atoms with Crippen LogP contribution in [0, 0.1) is 0 Å². The lowest BCUT2D eigenvalue weighted by atomic mass is 10.1. The lowest BCUT2D eigenvalue weighted by Crippen LogP contribution is -2.21. The molecule has 4 nitrogen and oxygen atoms in total. The molecule has 0 saturated carbocycles. The van der Waals surface area contributed by atoms with E-state index < -0.39 is 0 Å². The molecule has 0 saturated heterocycles. The highest BCUT2D eigenvalue weighted by Crippen LogP contribution is 2.17. The Hall–Kier alpha value is -1.55. The van der Waals surface area contributed by atoms with Gasteiger partial charge in [0, 0.05) is 26.6 Å². The molecule has 1 unspecified atom stereocenters. The van der Waals surface area contributed by atoms with Gasteiger partial charge in [-0.2, -0.15) is 0 Å². The fourth-order valence-corrected chi connectivity index (χ4v) is 1.66. The van der Waals surface area contributed by atoms with E-state index in [0.717, 1.165) is 12.2 Å². The zero-order valence-electron chi connectivity index (χ0n) is 12.3. The van der Waals surface area contributed by atoms with Crippen LogP contribution in [0.1, 0.15) is 31.4 Å². The summed E-state index contributed by atoms with van der Waals surface area (Å²) in [5.74, 6) is 0.992. The first-order chi connectivity index (χ1) is 9.04. The summed E-state index contributed by atoms with van der Waals surface area (Å²) in [6, 6.07) is 8.39. The molecule has 0 spiro atoms. The standard InChI is InChI=1S/C15H24N2O2/c1-12(16-2)13-7-9-14(10-8-13)19-11-5-6-15(18)17(3)4/h7-10,12,16H,5-6,11H2,1-4H3. The van der Waals surface area contributed by atoms with Crippen LogP contribution in [-0.2, 0) is 4.79 Å². The molecule has 1 rings (SSSR count). The zero-order valence-corrected chi connectivity index (χ0v) is 12.3. The molecule has 0 fully saturated rings. The molecule has 0 bridgehead atoms. The number of nitrogens with one attached hydrogen (secondary N) is 1. The van der Waals surface area contributed by atoms with Gasteiger partial charge in [0.15, 0.2) is 0 Å². The first-order valence-corrected chi connectivity index (χ1v) is 6.64. The Bertz CT molecular complexity index is 388. The van der Waals surface area contributed by atoms with Gasteiger partial charge in [-0.05, 0) is 38.1 Å². The lowest BCUT2D eigenvalue weighted by Gasteiger charge is -2.12. The Morgan fingerprint density at radius 3 is 2.47 bits per heavy atom. The van der Waals surface area contributed by atoms with E-state index in [1.54, 1.807) is 19.0 Å². The van der Waals surface area contributed by atoms with E-state index in [4.69, 9.17) is 4.74 Å². The molecule has 106 valence electrons. The van der Waals surface area contributed by atoms with Crippen molar-refractivity contribution in [3.8, 4) is 5.75 Å². The number of hydrogen-bond donors (Lipinski definition) is 1. The van der Waals surface area contributed by atoms with Crippen LogP contribution in [0.4, 0.5) is 0 Å². The van der Waals surface area contributed by atoms with Crippen LogP contribution >= 0.6 is 0 Å². The minimum Gasteiger partial charge on any atom is -0.494 e. The van der Waals surface area contributed by atoms with Gasteiger partial charge in [-0.25, -0.2) is 0 Å². The maximum atomic E-state index is 11.4. The van der Waals surface area contributed by atoms with Gasteiger partial charge in [0.25, 0.3) is 0 Å². The van der Waals surface area contributed by atoms with E-state index in [2.05, 4.69) is 24.4 Å². The molecule has 0 aromatic heterocycles. The summed E-state index contributed by atoms with van der Waals surface area (Å²) < 4.78 is 5.61. The molecule has 1 amide bonds. The maximum Gasteiger partial charge on any atom is 0.222 e. The lowest BCUT2D eigenvalue weighted by molar-refractivity contribution is -0.128. The van der Waals surface area contributed by atoms with Gasteiger partial charge in [-0.1, -0.05) is 12.1 Å². The van der Waals surface area contributed by atoms with E-state index in [9.17, 15) is 4.79 Å². The quantitative estimate of drug-likeness (QED) is 0.768. The Morgan fingerprint density at radius 1 is 1.32 bits per heavy atom. The zero-order chi connectivity index (χ0) is 14.3. The summed E-state index contributed by atoms with van der Waals surface area (Å²) in [6.45, 7) is 2.68. The smallest absolute Gasteiger partial charge is 0.222 e. The molecule has 1 aromatic carbocycles. The number of rotatable bonds is 7. The Labute approximate surface area is 115 Å². The van der Waals surface area contributed by atoms with E-state index in [1.165, 1.54) is 5.56 Å². The predicted molar refractivity (Wildman–Crippen MR) is 77.3 cm³/mol. The second-order valence-corrected chi connectivity index (χ2v) is 4.82. The van der Waals surface area contributed by atoms with Crippen molar-refractivity contribution in [3.63, 3.8) is 0 Å². The maximum absolute atomic E-state index is 11.4. The van der Waals surface area contributed by atoms with Crippen molar-refractivity contribution in [1.82, 2.24) is 10.2 Å². The van der Waals surface area contributed by atoms with Gasteiger partial charge in [0.1, 0.15) is 5.75 Å². The van der Waals surface area contributed by atoms with Crippen LogP contribution in [0.25, 0.3) is 0 Å². The van der Waals surface area contributed by atoms with Crippen LogP contribution in [-0.4, -0.2) is 38.6 Å². The van der Waals surface area contributed by atoms with E-state index in [0.29, 0.717) is 19.1 Å². The molecule has 0 aliphatic rings. The fraction of sp³-hybridized carbons (Fsp3) is 0.533. The minimum atomic E-state index is 0.141. The summed E-state index contributed by atoms with van der Waals surface area (Å²) in [6.07, 6.45) is 1.27. The molecule has 19 heavy (non-hydrogen) atoms. The third-order valence-corrected chi connectivity index (χ3v) is 3.12. The van der Waals surface area contributed by atoms with Crippen LogP contribution in [0.15, 0.2) is 24.3 Å². The highest BCUT2D eigenvalue weighted by molar-refractivity contribution is 5.75. The highest BCUT2D eigenvalue weighted by atomic mass is 16.5.